The Hall–Kier alpha value is -1.62. The average Bonchev–Trinajstić information content (AvgIpc) is 3.23. The highest BCUT2D eigenvalue weighted by Crippen LogP contribution is 2.45. The van der Waals surface area contributed by atoms with Crippen molar-refractivity contribution in [2.24, 2.45) is 11.3 Å². The lowest BCUT2D eigenvalue weighted by molar-refractivity contribution is -0.158. The van der Waals surface area contributed by atoms with Crippen LogP contribution in [0.4, 0.5) is 5.82 Å². The molecule has 5 heteroatoms. The van der Waals surface area contributed by atoms with Gasteiger partial charge in [0.1, 0.15) is 11.2 Å². The highest BCUT2D eigenvalue weighted by Gasteiger charge is 2.51. The fourth-order valence-corrected chi connectivity index (χ4v) is 3.59. The maximum atomic E-state index is 12.0. The van der Waals surface area contributed by atoms with Gasteiger partial charge in [-0.25, -0.2) is 4.98 Å². The normalized spacial score (nSPS) is 28.7. The molecule has 0 bridgehead atoms. The molecule has 0 unspecified atom stereocenters. The summed E-state index contributed by atoms with van der Waals surface area (Å²) in [6.07, 6.45) is 2.46. The van der Waals surface area contributed by atoms with Gasteiger partial charge in [-0.2, -0.15) is 0 Å². The number of anilines is 1. The van der Waals surface area contributed by atoms with Crippen molar-refractivity contribution >= 4 is 11.8 Å². The van der Waals surface area contributed by atoms with Crippen molar-refractivity contribution in [1.29, 1.82) is 0 Å². The van der Waals surface area contributed by atoms with Crippen LogP contribution < -0.4 is 4.90 Å². The number of aliphatic carboxylic acids is 1. The van der Waals surface area contributed by atoms with Gasteiger partial charge in [0, 0.05) is 18.8 Å². The Morgan fingerprint density at radius 1 is 1.36 bits per heavy atom. The molecule has 22 heavy (non-hydrogen) atoms. The summed E-state index contributed by atoms with van der Waals surface area (Å²) in [5.41, 5.74) is 1.000. The van der Waals surface area contributed by atoms with Gasteiger partial charge < -0.3 is 15.1 Å². The van der Waals surface area contributed by atoms with E-state index in [0.29, 0.717) is 31.8 Å². The standard InChI is InChI=1S/C17H24N2O3/c1-11-7-12(2)18-15(8-11)19-6-5-14(20)17(10-19,16(21)22)9-13-3-4-13/h7-8,13-14,20H,3-6,9-10H2,1-2H3,(H,21,22)/t14-,17+/m1/s1. The summed E-state index contributed by atoms with van der Waals surface area (Å²) < 4.78 is 0. The molecule has 1 aromatic rings. The second-order valence-electron chi connectivity index (χ2n) is 6.98. The molecule has 0 radical (unpaired) electrons. The van der Waals surface area contributed by atoms with Crippen LogP contribution in [0, 0.1) is 25.2 Å². The molecule has 1 aliphatic carbocycles. The highest BCUT2D eigenvalue weighted by molar-refractivity contribution is 5.77. The third-order valence-corrected chi connectivity index (χ3v) is 4.97. The van der Waals surface area contributed by atoms with Crippen LogP contribution in [0.15, 0.2) is 12.1 Å². The number of aliphatic hydroxyl groups excluding tert-OH is 1. The summed E-state index contributed by atoms with van der Waals surface area (Å²) in [6, 6.07) is 4.01. The quantitative estimate of drug-likeness (QED) is 0.891. The van der Waals surface area contributed by atoms with Crippen LogP contribution >= 0.6 is 0 Å². The third-order valence-electron chi connectivity index (χ3n) is 4.97. The van der Waals surface area contributed by atoms with Crippen molar-refractivity contribution in [1.82, 2.24) is 4.98 Å². The molecule has 1 saturated heterocycles. The van der Waals surface area contributed by atoms with E-state index in [0.717, 1.165) is 29.9 Å². The van der Waals surface area contributed by atoms with Crippen molar-refractivity contribution < 1.29 is 15.0 Å². The van der Waals surface area contributed by atoms with Crippen molar-refractivity contribution in [3.05, 3.63) is 23.4 Å². The first kappa shape index (κ1) is 15.3. The van der Waals surface area contributed by atoms with Crippen molar-refractivity contribution in [2.45, 2.75) is 45.6 Å². The highest BCUT2D eigenvalue weighted by atomic mass is 16.4. The third kappa shape index (κ3) is 2.82. The molecule has 120 valence electrons. The number of carboxylic acids is 1. The first-order valence-electron chi connectivity index (χ1n) is 8.02. The number of hydrogen-bond donors (Lipinski definition) is 2. The van der Waals surface area contributed by atoms with E-state index in [-0.39, 0.29) is 0 Å². The van der Waals surface area contributed by atoms with Crippen LogP contribution in [-0.2, 0) is 4.79 Å². The zero-order chi connectivity index (χ0) is 15.9. The zero-order valence-corrected chi connectivity index (χ0v) is 13.2. The molecule has 1 aromatic heterocycles. The van der Waals surface area contributed by atoms with Gasteiger partial charge in [0.15, 0.2) is 0 Å². The largest absolute Gasteiger partial charge is 0.481 e. The summed E-state index contributed by atoms with van der Waals surface area (Å²) in [5, 5.41) is 20.2. The number of aliphatic hydroxyl groups is 1. The maximum Gasteiger partial charge on any atom is 0.314 e. The molecule has 2 aliphatic rings. The number of pyridine rings is 1. The lowest BCUT2D eigenvalue weighted by Gasteiger charge is -2.44. The Labute approximate surface area is 131 Å². The Morgan fingerprint density at radius 3 is 2.68 bits per heavy atom. The number of carboxylic acid groups (broad SMARTS) is 1. The molecular formula is C17H24N2O3. The molecule has 1 saturated carbocycles. The van der Waals surface area contributed by atoms with Gasteiger partial charge in [0.25, 0.3) is 0 Å². The van der Waals surface area contributed by atoms with Crippen LogP contribution in [-0.4, -0.2) is 40.4 Å². The molecule has 1 aliphatic heterocycles. The lowest BCUT2D eigenvalue weighted by Crippen LogP contribution is -2.56. The van der Waals surface area contributed by atoms with E-state index in [2.05, 4.69) is 4.98 Å². The van der Waals surface area contributed by atoms with Crippen LogP contribution in [0.5, 0.6) is 0 Å². The summed E-state index contributed by atoms with van der Waals surface area (Å²) >= 11 is 0. The predicted octanol–water partition coefficient (Wildman–Crippen LogP) is 2.14. The molecule has 0 spiro atoms. The number of aromatic nitrogens is 1. The van der Waals surface area contributed by atoms with Crippen molar-refractivity contribution in [3.8, 4) is 0 Å². The van der Waals surface area contributed by atoms with Gasteiger partial charge in [0.05, 0.1) is 6.10 Å². The molecule has 2 atom stereocenters. The minimum Gasteiger partial charge on any atom is -0.481 e. The van der Waals surface area contributed by atoms with E-state index in [1.54, 1.807) is 0 Å². The number of carbonyl (C=O) groups is 1. The first-order chi connectivity index (χ1) is 10.4. The average molecular weight is 304 g/mol. The number of aryl methyl sites for hydroxylation is 2. The Bertz CT molecular complexity index is 565. The van der Waals surface area contributed by atoms with E-state index in [9.17, 15) is 15.0 Å². The minimum atomic E-state index is -1.06. The maximum absolute atomic E-state index is 12.0. The predicted molar refractivity (Wildman–Crippen MR) is 84.0 cm³/mol. The monoisotopic (exact) mass is 304 g/mol. The molecule has 0 aromatic carbocycles. The summed E-state index contributed by atoms with van der Waals surface area (Å²) in [5.74, 6) is 0.407. The van der Waals surface area contributed by atoms with E-state index >= 15 is 0 Å². The number of piperidine rings is 1. The number of rotatable bonds is 4. The van der Waals surface area contributed by atoms with Crippen molar-refractivity contribution in [3.63, 3.8) is 0 Å². The second-order valence-corrected chi connectivity index (χ2v) is 6.98. The Balaban J connectivity index is 1.89. The van der Waals surface area contributed by atoms with E-state index in [4.69, 9.17) is 0 Å². The first-order valence-corrected chi connectivity index (χ1v) is 8.02. The van der Waals surface area contributed by atoms with Gasteiger partial charge in [-0.1, -0.05) is 12.8 Å². The fraction of sp³-hybridized carbons (Fsp3) is 0.647. The Kier molecular flexibility index (Phi) is 3.85. The van der Waals surface area contributed by atoms with E-state index in [1.807, 2.05) is 30.9 Å². The van der Waals surface area contributed by atoms with Crippen molar-refractivity contribution in [2.75, 3.05) is 18.0 Å². The van der Waals surface area contributed by atoms with Crippen LogP contribution in [0.1, 0.15) is 36.9 Å². The van der Waals surface area contributed by atoms with Gasteiger partial charge in [-0.05, 0) is 50.3 Å². The van der Waals surface area contributed by atoms with E-state index < -0.39 is 17.5 Å². The molecule has 2 N–H and O–H groups in total. The molecule has 2 fully saturated rings. The molecule has 3 rings (SSSR count). The van der Waals surface area contributed by atoms with Gasteiger partial charge in [0.2, 0.25) is 0 Å². The van der Waals surface area contributed by atoms with Gasteiger partial charge in [-0.15, -0.1) is 0 Å². The molecular weight excluding hydrogens is 280 g/mol. The lowest BCUT2D eigenvalue weighted by atomic mass is 9.73. The summed E-state index contributed by atoms with van der Waals surface area (Å²) in [6.45, 7) is 4.96. The molecule has 5 nitrogen and oxygen atoms in total. The fourth-order valence-electron chi connectivity index (χ4n) is 3.59. The Morgan fingerprint density at radius 2 is 2.09 bits per heavy atom. The second kappa shape index (κ2) is 5.54. The number of nitrogens with zero attached hydrogens (tertiary/aromatic N) is 2. The van der Waals surface area contributed by atoms with Crippen LogP contribution in [0.2, 0.25) is 0 Å². The zero-order valence-electron chi connectivity index (χ0n) is 13.2. The van der Waals surface area contributed by atoms with E-state index in [1.165, 1.54) is 0 Å². The summed E-state index contributed by atoms with van der Waals surface area (Å²) in [7, 11) is 0. The molecule has 0 amide bonds. The van der Waals surface area contributed by atoms with Gasteiger partial charge in [-0.3, -0.25) is 4.79 Å². The summed E-state index contributed by atoms with van der Waals surface area (Å²) in [4.78, 5) is 18.5. The smallest absolute Gasteiger partial charge is 0.314 e. The van der Waals surface area contributed by atoms with Crippen LogP contribution in [0.3, 0.4) is 0 Å². The van der Waals surface area contributed by atoms with Crippen LogP contribution in [0.25, 0.3) is 0 Å². The topological polar surface area (TPSA) is 73.7 Å². The van der Waals surface area contributed by atoms with Gasteiger partial charge >= 0.3 is 5.97 Å². The SMILES string of the molecule is Cc1cc(C)nc(N2CC[C@@H](O)[C@@](CC3CC3)(C(=O)O)C2)c1. The minimum absolute atomic E-state index is 0.343. The molecule has 2 heterocycles. The number of hydrogen-bond acceptors (Lipinski definition) is 4.